The van der Waals surface area contributed by atoms with Gasteiger partial charge in [-0.05, 0) is 32.0 Å². The van der Waals surface area contributed by atoms with E-state index >= 15 is 0 Å². The van der Waals surface area contributed by atoms with Gasteiger partial charge in [-0.3, -0.25) is 15.0 Å². The highest BCUT2D eigenvalue weighted by molar-refractivity contribution is 5.76. The molecule has 1 saturated heterocycles. The lowest BCUT2D eigenvalue weighted by Gasteiger charge is -2.37. The monoisotopic (exact) mass is 286 g/mol. The Labute approximate surface area is 125 Å². The first-order valence-electron chi connectivity index (χ1n) is 7.28. The number of piperidine rings is 1. The van der Waals surface area contributed by atoms with E-state index in [2.05, 4.69) is 16.3 Å². The number of amides is 1. The van der Waals surface area contributed by atoms with Gasteiger partial charge in [0.25, 0.3) is 0 Å². The smallest absolute Gasteiger partial charge is 0.221 e. The Kier molecular flexibility index (Phi) is 4.94. The number of nitrogens with zero attached hydrogens (tertiary/aromatic N) is 2. The van der Waals surface area contributed by atoms with E-state index in [0.717, 1.165) is 24.9 Å². The third-order valence-corrected chi connectivity index (χ3v) is 4.25. The minimum absolute atomic E-state index is 0.109. The Morgan fingerprint density at radius 2 is 2.24 bits per heavy atom. The number of nitrogens with one attached hydrogen (secondary N) is 1. The third-order valence-electron chi connectivity index (χ3n) is 4.25. The summed E-state index contributed by atoms with van der Waals surface area (Å²) in [6, 6.07) is 12.1. The van der Waals surface area contributed by atoms with Crippen molar-refractivity contribution in [2.75, 3.05) is 26.7 Å². The van der Waals surface area contributed by atoms with E-state index in [-0.39, 0.29) is 11.8 Å². The van der Waals surface area contributed by atoms with Crippen molar-refractivity contribution in [1.82, 2.24) is 10.2 Å². The summed E-state index contributed by atoms with van der Waals surface area (Å²) >= 11 is 0. The maximum absolute atomic E-state index is 11.4. The highest BCUT2D eigenvalue weighted by Gasteiger charge is 2.35. The number of likely N-dealkylation sites (N-methyl/N-ethyl adjacent to an activating group) is 1. The highest BCUT2D eigenvalue weighted by atomic mass is 16.1. The van der Waals surface area contributed by atoms with Crippen LogP contribution in [-0.4, -0.2) is 37.5 Å². The molecule has 2 unspecified atom stereocenters. The average Bonchev–Trinajstić information content (AvgIpc) is 2.54. The van der Waals surface area contributed by atoms with Crippen molar-refractivity contribution in [1.29, 1.82) is 5.26 Å². The zero-order chi connectivity index (χ0) is 15.3. The van der Waals surface area contributed by atoms with Crippen molar-refractivity contribution in [2.45, 2.75) is 18.4 Å². The van der Waals surface area contributed by atoms with Gasteiger partial charge in [0, 0.05) is 13.1 Å². The molecule has 2 rings (SSSR count). The third kappa shape index (κ3) is 3.41. The van der Waals surface area contributed by atoms with Gasteiger partial charge in [0.2, 0.25) is 5.91 Å². The van der Waals surface area contributed by atoms with Crippen LogP contribution >= 0.6 is 0 Å². The number of hydrogen-bond donors (Lipinski definition) is 2. The van der Waals surface area contributed by atoms with Crippen LogP contribution in [0, 0.1) is 17.2 Å². The van der Waals surface area contributed by atoms with E-state index in [9.17, 15) is 10.1 Å². The van der Waals surface area contributed by atoms with Gasteiger partial charge in [-0.15, -0.1) is 0 Å². The minimum Gasteiger partial charge on any atom is -0.369 e. The van der Waals surface area contributed by atoms with Crippen molar-refractivity contribution in [2.24, 2.45) is 11.7 Å². The second-order valence-corrected chi connectivity index (χ2v) is 5.61. The molecule has 112 valence electrons. The molecule has 0 spiro atoms. The van der Waals surface area contributed by atoms with Crippen LogP contribution in [0.15, 0.2) is 30.3 Å². The minimum atomic E-state index is -0.763. The van der Waals surface area contributed by atoms with Crippen molar-refractivity contribution in [3.05, 3.63) is 35.9 Å². The molecule has 1 aromatic carbocycles. The molecule has 5 heteroatoms. The fraction of sp³-hybridized carbons (Fsp3) is 0.500. The van der Waals surface area contributed by atoms with E-state index in [1.165, 1.54) is 0 Å². The molecule has 1 amide bonds. The predicted octanol–water partition coefficient (Wildman–Crippen LogP) is 0.822. The van der Waals surface area contributed by atoms with Gasteiger partial charge in [-0.25, -0.2) is 0 Å². The quantitative estimate of drug-likeness (QED) is 0.839. The van der Waals surface area contributed by atoms with Crippen LogP contribution in [-0.2, 0) is 10.3 Å². The molecule has 5 nitrogen and oxygen atoms in total. The molecule has 21 heavy (non-hydrogen) atoms. The summed E-state index contributed by atoms with van der Waals surface area (Å²) in [7, 11) is 1.80. The number of nitriles is 1. The van der Waals surface area contributed by atoms with Gasteiger partial charge in [0.05, 0.1) is 12.0 Å². The first-order valence-corrected chi connectivity index (χ1v) is 7.28. The highest BCUT2D eigenvalue weighted by Crippen LogP contribution is 2.24. The molecule has 0 bridgehead atoms. The summed E-state index contributed by atoms with van der Waals surface area (Å²) < 4.78 is 0. The largest absolute Gasteiger partial charge is 0.369 e. The number of likely N-dealkylation sites (tertiary alicyclic amines) is 1. The summed E-state index contributed by atoms with van der Waals surface area (Å²) in [6.07, 6.45) is 1.78. The van der Waals surface area contributed by atoms with E-state index in [4.69, 9.17) is 5.73 Å². The molecular formula is C16H22N4O. The molecule has 0 saturated carbocycles. The van der Waals surface area contributed by atoms with Crippen LogP contribution in [0.1, 0.15) is 18.4 Å². The molecule has 1 aromatic rings. The standard InChI is InChI=1S/C16H22N4O/c1-19-16(11-17,14-7-3-2-4-8-14)12-20-9-5-6-13(10-20)15(18)21/h2-4,7-8,13,19H,5-6,9-10,12H2,1H3,(H2,18,21). The van der Waals surface area contributed by atoms with Crippen LogP contribution in [0.25, 0.3) is 0 Å². The summed E-state index contributed by atoms with van der Waals surface area (Å²) in [5, 5.41) is 12.9. The predicted molar refractivity (Wildman–Crippen MR) is 81.2 cm³/mol. The first kappa shape index (κ1) is 15.5. The second kappa shape index (κ2) is 6.70. The SMILES string of the molecule is CNC(C#N)(CN1CCCC(C(N)=O)C1)c1ccccc1. The lowest BCUT2D eigenvalue weighted by Crippen LogP contribution is -2.52. The number of carbonyl (C=O) groups excluding carboxylic acids is 1. The summed E-state index contributed by atoms with van der Waals surface area (Å²) in [6.45, 7) is 2.07. The average molecular weight is 286 g/mol. The molecule has 1 aliphatic heterocycles. The lowest BCUT2D eigenvalue weighted by molar-refractivity contribution is -0.123. The lowest BCUT2D eigenvalue weighted by atomic mass is 9.89. The topological polar surface area (TPSA) is 82.2 Å². The van der Waals surface area contributed by atoms with Gasteiger partial charge >= 0.3 is 0 Å². The van der Waals surface area contributed by atoms with Gasteiger partial charge < -0.3 is 5.73 Å². The van der Waals surface area contributed by atoms with Crippen molar-refractivity contribution in [3.8, 4) is 6.07 Å². The molecule has 1 heterocycles. The molecule has 0 aromatic heterocycles. The van der Waals surface area contributed by atoms with Crippen LogP contribution in [0.2, 0.25) is 0 Å². The molecule has 0 aliphatic carbocycles. The number of rotatable bonds is 5. The number of benzene rings is 1. The Bertz CT molecular complexity index is 525. The van der Waals surface area contributed by atoms with Gasteiger partial charge in [-0.1, -0.05) is 30.3 Å². The van der Waals surface area contributed by atoms with Gasteiger partial charge in [0.1, 0.15) is 5.54 Å². The maximum atomic E-state index is 11.4. The number of primary amides is 1. The van der Waals surface area contributed by atoms with Crippen molar-refractivity contribution < 1.29 is 4.79 Å². The van der Waals surface area contributed by atoms with Crippen LogP contribution in [0.4, 0.5) is 0 Å². The number of hydrogen-bond acceptors (Lipinski definition) is 4. The molecule has 0 radical (unpaired) electrons. The molecule has 3 N–H and O–H groups in total. The van der Waals surface area contributed by atoms with Crippen LogP contribution < -0.4 is 11.1 Å². The van der Waals surface area contributed by atoms with E-state index in [1.807, 2.05) is 30.3 Å². The Morgan fingerprint density at radius 3 is 2.81 bits per heavy atom. The summed E-state index contributed by atoms with van der Waals surface area (Å²) in [4.78, 5) is 13.5. The summed E-state index contributed by atoms with van der Waals surface area (Å²) in [5.74, 6) is -0.353. The van der Waals surface area contributed by atoms with Gasteiger partial charge in [-0.2, -0.15) is 5.26 Å². The van der Waals surface area contributed by atoms with E-state index < -0.39 is 5.54 Å². The zero-order valence-corrected chi connectivity index (χ0v) is 12.4. The normalized spacial score (nSPS) is 22.2. The second-order valence-electron chi connectivity index (χ2n) is 5.61. The Hall–Kier alpha value is -1.90. The first-order chi connectivity index (χ1) is 10.1. The summed E-state index contributed by atoms with van der Waals surface area (Å²) in [5.41, 5.74) is 5.60. The maximum Gasteiger partial charge on any atom is 0.221 e. The molecule has 2 atom stereocenters. The van der Waals surface area contributed by atoms with E-state index in [1.54, 1.807) is 7.05 Å². The fourth-order valence-electron chi connectivity index (χ4n) is 2.96. The number of carbonyl (C=O) groups is 1. The van der Waals surface area contributed by atoms with Crippen LogP contribution in [0.5, 0.6) is 0 Å². The molecular weight excluding hydrogens is 264 g/mol. The van der Waals surface area contributed by atoms with Gasteiger partial charge in [0.15, 0.2) is 0 Å². The zero-order valence-electron chi connectivity index (χ0n) is 12.4. The van der Waals surface area contributed by atoms with Crippen molar-refractivity contribution in [3.63, 3.8) is 0 Å². The van der Waals surface area contributed by atoms with Crippen molar-refractivity contribution >= 4 is 5.91 Å². The van der Waals surface area contributed by atoms with Crippen LogP contribution in [0.3, 0.4) is 0 Å². The Balaban J connectivity index is 2.17. The molecule has 1 fully saturated rings. The fourth-order valence-corrected chi connectivity index (χ4v) is 2.96. The van der Waals surface area contributed by atoms with E-state index in [0.29, 0.717) is 13.1 Å². The Morgan fingerprint density at radius 1 is 1.52 bits per heavy atom. The number of nitrogens with two attached hydrogens (primary N) is 1. The molecule has 1 aliphatic rings.